The Morgan fingerprint density at radius 2 is 1.92 bits per heavy atom. The summed E-state index contributed by atoms with van der Waals surface area (Å²) in [4.78, 5) is 0. The van der Waals surface area contributed by atoms with Gasteiger partial charge >= 0.3 is 6.18 Å². The molecule has 0 saturated carbocycles. The van der Waals surface area contributed by atoms with Crippen LogP contribution in [0.5, 0.6) is 0 Å². The Bertz CT molecular complexity index is 256. The van der Waals surface area contributed by atoms with E-state index in [2.05, 4.69) is 6.58 Å². The van der Waals surface area contributed by atoms with Crippen molar-refractivity contribution in [3.8, 4) is 0 Å². The number of nitrogens with zero attached hydrogens (tertiary/aromatic N) is 1. The minimum atomic E-state index is -4.54. The molecule has 0 aromatic carbocycles. The number of rotatable bonds is 3. The lowest BCUT2D eigenvalue weighted by molar-refractivity contribution is -0.132. The fraction of sp³-hybridized carbons (Fsp3) is 0.600. The smallest absolute Gasteiger partial charge is 0.269 e. The molecule has 7 heteroatoms. The van der Waals surface area contributed by atoms with Crippen molar-refractivity contribution in [2.24, 2.45) is 0 Å². The van der Waals surface area contributed by atoms with Crippen molar-refractivity contribution < 1.29 is 21.6 Å². The zero-order valence-electron chi connectivity index (χ0n) is 6.30. The number of hydrogen-bond acceptors (Lipinski definition) is 2. The summed E-state index contributed by atoms with van der Waals surface area (Å²) in [5, 5.41) is 0. The van der Waals surface area contributed by atoms with Gasteiger partial charge in [0.25, 0.3) is 0 Å². The fourth-order valence-electron chi connectivity index (χ4n) is 0.494. The van der Waals surface area contributed by atoms with Gasteiger partial charge in [-0.1, -0.05) is 6.58 Å². The molecule has 0 unspecified atom stereocenters. The molecule has 0 aliphatic carbocycles. The van der Waals surface area contributed by atoms with E-state index >= 15 is 0 Å². The van der Waals surface area contributed by atoms with Crippen molar-refractivity contribution >= 4 is 10.0 Å². The van der Waals surface area contributed by atoms with E-state index in [9.17, 15) is 21.6 Å². The van der Waals surface area contributed by atoms with Crippen LogP contribution in [-0.4, -0.2) is 31.7 Å². The number of halogens is 3. The van der Waals surface area contributed by atoms with Gasteiger partial charge in [0.15, 0.2) is 0 Å². The van der Waals surface area contributed by atoms with E-state index in [0.717, 1.165) is 0 Å². The summed E-state index contributed by atoms with van der Waals surface area (Å²) in [6, 6.07) is 0. The predicted molar refractivity (Wildman–Crippen MR) is 37.8 cm³/mol. The first-order valence-electron chi connectivity index (χ1n) is 2.83. The molecule has 0 saturated heterocycles. The molecule has 0 rings (SSSR count). The van der Waals surface area contributed by atoms with Crippen LogP contribution >= 0.6 is 0 Å². The maximum absolute atomic E-state index is 11.7. The average molecular weight is 203 g/mol. The van der Waals surface area contributed by atoms with E-state index in [1.54, 1.807) is 0 Å². The molecule has 0 N–H and O–H groups in total. The molecule has 72 valence electrons. The van der Waals surface area contributed by atoms with E-state index in [-0.39, 0.29) is 4.31 Å². The molecule has 0 bridgehead atoms. The maximum atomic E-state index is 11.7. The summed E-state index contributed by atoms with van der Waals surface area (Å²) in [5.74, 6) is 0. The van der Waals surface area contributed by atoms with Crippen LogP contribution in [0.3, 0.4) is 0 Å². The van der Waals surface area contributed by atoms with Crippen molar-refractivity contribution in [3.05, 3.63) is 12.8 Å². The SMILES string of the molecule is C=CN(CC(F)(F)F)S(C)(=O)=O. The van der Waals surface area contributed by atoms with E-state index in [4.69, 9.17) is 0 Å². The molecule has 0 aliphatic rings. The van der Waals surface area contributed by atoms with Gasteiger partial charge < -0.3 is 0 Å². The molecule has 0 aromatic heterocycles. The van der Waals surface area contributed by atoms with Crippen LogP contribution in [0.15, 0.2) is 12.8 Å². The van der Waals surface area contributed by atoms with Gasteiger partial charge in [-0.05, 0) is 0 Å². The number of sulfonamides is 1. The molecule has 0 radical (unpaired) electrons. The summed E-state index contributed by atoms with van der Waals surface area (Å²) < 4.78 is 56.3. The first kappa shape index (κ1) is 11.3. The van der Waals surface area contributed by atoms with E-state index in [0.29, 0.717) is 12.5 Å². The van der Waals surface area contributed by atoms with Crippen molar-refractivity contribution in [2.75, 3.05) is 12.8 Å². The topological polar surface area (TPSA) is 37.4 Å². The lowest BCUT2D eigenvalue weighted by Crippen LogP contribution is -2.34. The molecule has 0 amide bonds. The molecular weight excluding hydrogens is 195 g/mol. The van der Waals surface area contributed by atoms with Crippen molar-refractivity contribution in [1.29, 1.82) is 0 Å². The normalized spacial score (nSPS) is 12.7. The van der Waals surface area contributed by atoms with Gasteiger partial charge in [0, 0.05) is 6.20 Å². The van der Waals surface area contributed by atoms with Crippen LogP contribution in [0.25, 0.3) is 0 Å². The van der Waals surface area contributed by atoms with Crippen LogP contribution in [0.2, 0.25) is 0 Å². The lowest BCUT2D eigenvalue weighted by atomic mass is 10.6. The van der Waals surface area contributed by atoms with E-state index in [1.807, 2.05) is 0 Å². The van der Waals surface area contributed by atoms with Gasteiger partial charge in [0.05, 0.1) is 6.26 Å². The van der Waals surface area contributed by atoms with Gasteiger partial charge in [-0.3, -0.25) is 4.31 Å². The summed E-state index contributed by atoms with van der Waals surface area (Å²) in [6.45, 7) is 1.43. The quantitative estimate of drug-likeness (QED) is 0.685. The van der Waals surface area contributed by atoms with Crippen molar-refractivity contribution in [1.82, 2.24) is 4.31 Å². The Hall–Kier alpha value is -0.720. The number of hydrogen-bond donors (Lipinski definition) is 0. The second-order valence-corrected chi connectivity index (χ2v) is 4.04. The Balaban J connectivity index is 4.52. The van der Waals surface area contributed by atoms with E-state index < -0.39 is 22.7 Å². The maximum Gasteiger partial charge on any atom is 0.407 e. The van der Waals surface area contributed by atoms with Crippen LogP contribution < -0.4 is 0 Å². The summed E-state index contributed by atoms with van der Waals surface area (Å²) in [7, 11) is -3.85. The third-order valence-corrected chi connectivity index (χ3v) is 2.09. The molecule has 0 heterocycles. The van der Waals surface area contributed by atoms with Crippen LogP contribution in [0.1, 0.15) is 0 Å². The van der Waals surface area contributed by atoms with Gasteiger partial charge in [-0.2, -0.15) is 13.2 Å². The van der Waals surface area contributed by atoms with Crippen LogP contribution in [0, 0.1) is 0 Å². The molecule has 0 aliphatic heterocycles. The zero-order valence-corrected chi connectivity index (χ0v) is 7.11. The molecule has 0 aromatic rings. The highest BCUT2D eigenvalue weighted by molar-refractivity contribution is 7.88. The first-order chi connectivity index (χ1) is 5.17. The second kappa shape index (κ2) is 3.34. The third-order valence-electron chi connectivity index (χ3n) is 0.965. The van der Waals surface area contributed by atoms with Gasteiger partial charge in [0.1, 0.15) is 6.54 Å². The monoisotopic (exact) mass is 203 g/mol. The molecule has 0 spiro atoms. The Morgan fingerprint density at radius 1 is 1.50 bits per heavy atom. The molecule has 0 fully saturated rings. The predicted octanol–water partition coefficient (Wildman–Crippen LogP) is 0.954. The summed E-state index contributed by atoms with van der Waals surface area (Å²) in [5.41, 5.74) is 0. The van der Waals surface area contributed by atoms with Crippen molar-refractivity contribution in [3.63, 3.8) is 0 Å². The van der Waals surface area contributed by atoms with E-state index in [1.165, 1.54) is 0 Å². The Labute approximate surface area is 68.5 Å². The highest BCUT2D eigenvalue weighted by Gasteiger charge is 2.32. The van der Waals surface area contributed by atoms with Gasteiger partial charge in [-0.25, -0.2) is 8.42 Å². The fourth-order valence-corrected chi connectivity index (χ4v) is 1.15. The van der Waals surface area contributed by atoms with Crippen LogP contribution in [-0.2, 0) is 10.0 Å². The molecule has 3 nitrogen and oxygen atoms in total. The summed E-state index contributed by atoms with van der Waals surface area (Å²) >= 11 is 0. The molecule has 0 atom stereocenters. The highest BCUT2D eigenvalue weighted by atomic mass is 32.2. The molecule has 12 heavy (non-hydrogen) atoms. The molecular formula is C5H8F3NO2S. The lowest BCUT2D eigenvalue weighted by Gasteiger charge is -2.18. The average Bonchev–Trinajstić information content (AvgIpc) is 1.78. The number of alkyl halides is 3. The second-order valence-electron chi connectivity index (χ2n) is 2.11. The van der Waals surface area contributed by atoms with Crippen molar-refractivity contribution in [2.45, 2.75) is 6.18 Å². The highest BCUT2D eigenvalue weighted by Crippen LogP contribution is 2.17. The first-order valence-corrected chi connectivity index (χ1v) is 4.68. The van der Waals surface area contributed by atoms with Crippen LogP contribution in [0.4, 0.5) is 13.2 Å². The van der Waals surface area contributed by atoms with Gasteiger partial charge in [-0.15, -0.1) is 0 Å². The zero-order chi connectivity index (χ0) is 9.99. The summed E-state index contributed by atoms with van der Waals surface area (Å²) in [6.07, 6.45) is -3.24. The minimum Gasteiger partial charge on any atom is -0.269 e. The standard InChI is InChI=1S/C5H8F3NO2S/c1-3-9(12(2,10)11)4-5(6,7)8/h3H,1,4H2,2H3. The Kier molecular flexibility index (Phi) is 3.14. The minimum absolute atomic E-state index is 0.132. The largest absolute Gasteiger partial charge is 0.407 e. The third kappa shape index (κ3) is 4.22. The Morgan fingerprint density at radius 3 is 2.00 bits per heavy atom. The van der Waals surface area contributed by atoms with Gasteiger partial charge in [0.2, 0.25) is 10.0 Å².